The number of para-hydroxylation sites is 2. The second-order valence-electron chi connectivity index (χ2n) is 5.91. The Balaban J connectivity index is 1.48. The average molecular weight is 321 g/mol. The normalized spacial score (nSPS) is 15.4. The Morgan fingerprint density at radius 2 is 1.96 bits per heavy atom. The van der Waals surface area contributed by atoms with Crippen LogP contribution < -0.4 is 4.90 Å². The molecule has 0 N–H and O–H groups in total. The average Bonchev–Trinajstić information content (AvgIpc) is 3.11. The molecule has 0 spiro atoms. The van der Waals surface area contributed by atoms with Crippen LogP contribution in [0.1, 0.15) is 11.9 Å². The zero-order chi connectivity index (χ0) is 15.4. The monoisotopic (exact) mass is 321 g/mol. The van der Waals surface area contributed by atoms with Crippen LogP contribution in [0.2, 0.25) is 0 Å². The first-order chi connectivity index (χ1) is 11.3. The summed E-state index contributed by atoms with van der Waals surface area (Å²) in [4.78, 5) is 15.8. The van der Waals surface area contributed by atoms with E-state index in [4.69, 9.17) is 0 Å². The van der Waals surface area contributed by atoms with Gasteiger partial charge >= 0.3 is 0 Å². The van der Waals surface area contributed by atoms with E-state index in [1.165, 1.54) is 10.2 Å². The van der Waals surface area contributed by atoms with E-state index in [0.29, 0.717) is 6.04 Å². The lowest BCUT2D eigenvalue weighted by Gasteiger charge is -2.41. The van der Waals surface area contributed by atoms with Gasteiger partial charge in [-0.15, -0.1) is 11.3 Å². The summed E-state index contributed by atoms with van der Waals surface area (Å²) in [5.41, 5.74) is 3.33. The highest BCUT2D eigenvalue weighted by atomic mass is 32.1. The van der Waals surface area contributed by atoms with Crippen LogP contribution in [0, 0.1) is 6.92 Å². The van der Waals surface area contributed by atoms with Gasteiger partial charge in [0.05, 0.1) is 27.3 Å². The van der Waals surface area contributed by atoms with E-state index in [2.05, 4.69) is 61.0 Å². The number of thiophene rings is 1. The molecule has 5 nitrogen and oxygen atoms in total. The minimum atomic E-state index is 0.451. The minimum absolute atomic E-state index is 0.451. The van der Waals surface area contributed by atoms with Gasteiger partial charge in [-0.1, -0.05) is 12.1 Å². The van der Waals surface area contributed by atoms with Gasteiger partial charge in [0, 0.05) is 13.1 Å². The summed E-state index contributed by atoms with van der Waals surface area (Å²) in [5.74, 6) is 2.14. The molecule has 1 saturated heterocycles. The van der Waals surface area contributed by atoms with E-state index in [1.807, 2.05) is 6.07 Å². The second-order valence-corrected chi connectivity index (χ2v) is 6.82. The highest BCUT2D eigenvalue weighted by molar-refractivity contribution is 7.17. The van der Waals surface area contributed by atoms with Gasteiger partial charge in [0.2, 0.25) is 0 Å². The van der Waals surface area contributed by atoms with Crippen molar-refractivity contribution >= 4 is 38.4 Å². The zero-order valence-corrected chi connectivity index (χ0v) is 13.5. The standard InChI is InChI=1S/C17H15N5S/c1-11-20-13-4-2-3-5-15(13)22(11)12-8-21(9-12)17-16-14(6-7-23-16)18-10-19-17/h2-7,10,12H,8-9H2,1H3. The summed E-state index contributed by atoms with van der Waals surface area (Å²) in [5, 5.41) is 2.08. The van der Waals surface area contributed by atoms with E-state index in [-0.39, 0.29) is 0 Å². The maximum atomic E-state index is 4.68. The third-order valence-electron chi connectivity index (χ3n) is 4.52. The molecule has 114 valence electrons. The molecule has 1 aliphatic heterocycles. The van der Waals surface area contributed by atoms with Crippen LogP contribution in [0.4, 0.5) is 5.82 Å². The van der Waals surface area contributed by atoms with Crippen LogP contribution in [0.25, 0.3) is 21.3 Å². The van der Waals surface area contributed by atoms with Crippen LogP contribution in [-0.4, -0.2) is 32.6 Å². The van der Waals surface area contributed by atoms with E-state index >= 15 is 0 Å². The van der Waals surface area contributed by atoms with Crippen molar-refractivity contribution in [1.82, 2.24) is 19.5 Å². The summed E-state index contributed by atoms with van der Waals surface area (Å²) in [6, 6.07) is 10.9. The summed E-state index contributed by atoms with van der Waals surface area (Å²) in [6.45, 7) is 4.02. The SMILES string of the molecule is Cc1nc2ccccc2n1C1CN(c2ncnc3ccsc23)C1. The molecule has 4 heterocycles. The second kappa shape index (κ2) is 4.76. The molecule has 0 saturated carbocycles. The number of hydrogen-bond acceptors (Lipinski definition) is 5. The van der Waals surface area contributed by atoms with Crippen molar-refractivity contribution < 1.29 is 0 Å². The summed E-state index contributed by atoms with van der Waals surface area (Å²) >= 11 is 1.71. The van der Waals surface area contributed by atoms with Crippen LogP contribution in [0.15, 0.2) is 42.0 Å². The topological polar surface area (TPSA) is 46.8 Å². The first kappa shape index (κ1) is 13.0. The Hall–Kier alpha value is -2.47. The molecule has 5 rings (SSSR count). The van der Waals surface area contributed by atoms with Gasteiger partial charge in [-0.2, -0.15) is 0 Å². The number of fused-ring (bicyclic) bond motifs is 2. The first-order valence-corrected chi connectivity index (χ1v) is 8.56. The molecule has 1 aliphatic rings. The number of nitrogens with zero attached hydrogens (tertiary/aromatic N) is 5. The molecule has 0 atom stereocenters. The number of rotatable bonds is 2. The molecule has 1 fully saturated rings. The predicted octanol–water partition coefficient (Wildman–Crippen LogP) is 3.41. The third kappa shape index (κ3) is 1.88. The van der Waals surface area contributed by atoms with Crippen molar-refractivity contribution in [1.29, 1.82) is 0 Å². The van der Waals surface area contributed by atoms with Gasteiger partial charge in [0.1, 0.15) is 18.0 Å². The van der Waals surface area contributed by atoms with Crippen LogP contribution in [-0.2, 0) is 0 Å². The van der Waals surface area contributed by atoms with E-state index in [1.54, 1.807) is 17.7 Å². The number of imidazole rings is 1. The lowest BCUT2D eigenvalue weighted by molar-refractivity contribution is 0.400. The van der Waals surface area contributed by atoms with E-state index in [0.717, 1.165) is 35.8 Å². The van der Waals surface area contributed by atoms with Crippen molar-refractivity contribution in [3.63, 3.8) is 0 Å². The molecule has 0 bridgehead atoms. The van der Waals surface area contributed by atoms with Crippen LogP contribution in [0.5, 0.6) is 0 Å². The van der Waals surface area contributed by atoms with Gasteiger partial charge < -0.3 is 9.47 Å². The lowest BCUT2D eigenvalue weighted by atomic mass is 10.1. The van der Waals surface area contributed by atoms with Crippen molar-refractivity contribution in [2.75, 3.05) is 18.0 Å². The number of hydrogen-bond donors (Lipinski definition) is 0. The Morgan fingerprint density at radius 1 is 1.09 bits per heavy atom. The zero-order valence-electron chi connectivity index (χ0n) is 12.7. The van der Waals surface area contributed by atoms with E-state index in [9.17, 15) is 0 Å². The van der Waals surface area contributed by atoms with Gasteiger partial charge in [-0.3, -0.25) is 0 Å². The van der Waals surface area contributed by atoms with Crippen molar-refractivity contribution in [2.45, 2.75) is 13.0 Å². The van der Waals surface area contributed by atoms with Gasteiger partial charge in [-0.05, 0) is 30.5 Å². The fourth-order valence-electron chi connectivity index (χ4n) is 3.42. The highest BCUT2D eigenvalue weighted by Gasteiger charge is 2.32. The molecule has 0 amide bonds. The molecule has 1 aromatic carbocycles. The fraction of sp³-hybridized carbons (Fsp3) is 0.235. The molecule has 0 unspecified atom stereocenters. The summed E-state index contributed by atoms with van der Waals surface area (Å²) in [7, 11) is 0. The Labute approximate surface area is 137 Å². The predicted molar refractivity (Wildman–Crippen MR) is 93.1 cm³/mol. The molecular weight excluding hydrogens is 306 g/mol. The summed E-state index contributed by atoms with van der Waals surface area (Å²) < 4.78 is 3.54. The number of benzene rings is 1. The minimum Gasteiger partial charge on any atom is -0.351 e. The van der Waals surface area contributed by atoms with Crippen molar-refractivity contribution in [3.05, 3.63) is 47.9 Å². The molecule has 6 heteroatoms. The third-order valence-corrected chi connectivity index (χ3v) is 5.42. The molecule has 0 radical (unpaired) electrons. The molecule has 23 heavy (non-hydrogen) atoms. The molecule has 4 aromatic rings. The number of aryl methyl sites for hydroxylation is 1. The lowest BCUT2D eigenvalue weighted by Crippen LogP contribution is -2.48. The number of aromatic nitrogens is 4. The maximum Gasteiger partial charge on any atom is 0.150 e. The molecule has 0 aliphatic carbocycles. The smallest absolute Gasteiger partial charge is 0.150 e. The van der Waals surface area contributed by atoms with Crippen molar-refractivity contribution in [2.24, 2.45) is 0 Å². The van der Waals surface area contributed by atoms with Crippen molar-refractivity contribution in [3.8, 4) is 0 Å². The molecular formula is C17H15N5S. The van der Waals surface area contributed by atoms with Gasteiger partial charge in [0.25, 0.3) is 0 Å². The molecule has 3 aromatic heterocycles. The summed E-state index contributed by atoms with van der Waals surface area (Å²) in [6.07, 6.45) is 1.66. The van der Waals surface area contributed by atoms with Crippen LogP contribution in [0.3, 0.4) is 0 Å². The largest absolute Gasteiger partial charge is 0.351 e. The Bertz CT molecular complexity index is 1010. The maximum absolute atomic E-state index is 4.68. The van der Waals surface area contributed by atoms with E-state index < -0.39 is 0 Å². The van der Waals surface area contributed by atoms with Gasteiger partial charge in [-0.25, -0.2) is 15.0 Å². The quantitative estimate of drug-likeness (QED) is 0.567. The fourth-order valence-corrected chi connectivity index (χ4v) is 4.28. The first-order valence-electron chi connectivity index (χ1n) is 7.68. The number of anilines is 1. The van der Waals surface area contributed by atoms with Gasteiger partial charge in [0.15, 0.2) is 0 Å². The van der Waals surface area contributed by atoms with Crippen LogP contribution >= 0.6 is 11.3 Å². The Kier molecular flexibility index (Phi) is 2.69. The highest BCUT2D eigenvalue weighted by Crippen LogP contribution is 2.35. The Morgan fingerprint density at radius 3 is 2.87 bits per heavy atom.